The standard InChI is InChI=1S/C14H17NO6/c1-8-3-4-11(9(2)5-8)21-7-12(16)15-10(14(19)20)6-13(17)18/h3-5,10H,6-7H2,1-2H3,(H,15,16)(H,17,18)(H,19,20)/t10-/m0/s1. The van der Waals surface area contributed by atoms with E-state index in [1.165, 1.54) is 0 Å². The Labute approximate surface area is 121 Å². The van der Waals surface area contributed by atoms with Crippen LogP contribution >= 0.6 is 0 Å². The number of aryl methyl sites for hydroxylation is 2. The molecule has 3 N–H and O–H groups in total. The van der Waals surface area contributed by atoms with Crippen molar-refractivity contribution in [1.29, 1.82) is 0 Å². The lowest BCUT2D eigenvalue weighted by molar-refractivity contribution is -0.147. The van der Waals surface area contributed by atoms with Crippen LogP contribution in [0.4, 0.5) is 0 Å². The second-order valence-corrected chi connectivity index (χ2v) is 4.61. The number of benzene rings is 1. The van der Waals surface area contributed by atoms with Crippen molar-refractivity contribution >= 4 is 17.8 Å². The van der Waals surface area contributed by atoms with Gasteiger partial charge in [-0.3, -0.25) is 9.59 Å². The van der Waals surface area contributed by atoms with E-state index in [2.05, 4.69) is 5.32 Å². The van der Waals surface area contributed by atoms with Crippen molar-refractivity contribution < 1.29 is 29.3 Å². The molecule has 0 aliphatic heterocycles. The molecule has 0 unspecified atom stereocenters. The minimum Gasteiger partial charge on any atom is -0.484 e. The van der Waals surface area contributed by atoms with Gasteiger partial charge < -0.3 is 20.3 Å². The first kappa shape index (κ1) is 16.5. The molecule has 7 heteroatoms. The van der Waals surface area contributed by atoms with Gasteiger partial charge >= 0.3 is 11.9 Å². The summed E-state index contributed by atoms with van der Waals surface area (Å²) in [6, 6.07) is 3.95. The minimum atomic E-state index is -1.47. The van der Waals surface area contributed by atoms with Gasteiger partial charge in [-0.25, -0.2) is 4.79 Å². The predicted octanol–water partition coefficient (Wildman–Crippen LogP) is 0.726. The quantitative estimate of drug-likeness (QED) is 0.683. The second kappa shape index (κ2) is 7.28. The van der Waals surface area contributed by atoms with E-state index in [4.69, 9.17) is 14.9 Å². The number of hydrogen-bond donors (Lipinski definition) is 3. The third-order valence-electron chi connectivity index (χ3n) is 2.70. The van der Waals surface area contributed by atoms with Gasteiger partial charge in [0.25, 0.3) is 5.91 Å². The first-order valence-electron chi connectivity index (χ1n) is 6.23. The Morgan fingerprint density at radius 3 is 2.43 bits per heavy atom. The van der Waals surface area contributed by atoms with Gasteiger partial charge in [0.2, 0.25) is 0 Å². The van der Waals surface area contributed by atoms with Crippen LogP contribution in [0.3, 0.4) is 0 Å². The average Bonchev–Trinajstić information content (AvgIpc) is 2.36. The van der Waals surface area contributed by atoms with Crippen molar-refractivity contribution in [3.05, 3.63) is 29.3 Å². The second-order valence-electron chi connectivity index (χ2n) is 4.61. The smallest absolute Gasteiger partial charge is 0.326 e. The molecule has 0 aliphatic carbocycles. The zero-order valence-corrected chi connectivity index (χ0v) is 11.8. The molecular weight excluding hydrogens is 278 g/mol. The normalized spacial score (nSPS) is 11.5. The van der Waals surface area contributed by atoms with Crippen LogP contribution in [0.2, 0.25) is 0 Å². The number of carbonyl (C=O) groups is 3. The number of amides is 1. The molecule has 1 amide bonds. The Bertz CT molecular complexity index is 554. The van der Waals surface area contributed by atoms with Crippen molar-refractivity contribution in [2.24, 2.45) is 0 Å². The highest BCUT2D eigenvalue weighted by molar-refractivity contribution is 5.87. The fourth-order valence-corrected chi connectivity index (χ4v) is 1.72. The lowest BCUT2D eigenvalue weighted by Crippen LogP contribution is -2.44. The number of rotatable bonds is 7. The Kier molecular flexibility index (Phi) is 5.71. The van der Waals surface area contributed by atoms with Gasteiger partial charge in [-0.1, -0.05) is 17.7 Å². The molecule has 114 valence electrons. The molecule has 0 fully saturated rings. The van der Waals surface area contributed by atoms with Gasteiger partial charge in [0, 0.05) is 0 Å². The first-order valence-corrected chi connectivity index (χ1v) is 6.23. The van der Waals surface area contributed by atoms with Gasteiger partial charge in [0.15, 0.2) is 6.61 Å². The largest absolute Gasteiger partial charge is 0.484 e. The van der Waals surface area contributed by atoms with Crippen LogP contribution in [-0.4, -0.2) is 40.7 Å². The van der Waals surface area contributed by atoms with Gasteiger partial charge in [-0.05, 0) is 25.5 Å². The Hall–Kier alpha value is -2.57. The number of carboxylic acids is 2. The summed E-state index contributed by atoms with van der Waals surface area (Å²) in [6.45, 7) is 3.37. The van der Waals surface area contributed by atoms with E-state index in [0.29, 0.717) is 5.75 Å². The highest BCUT2D eigenvalue weighted by Crippen LogP contribution is 2.18. The summed E-state index contributed by atoms with van der Waals surface area (Å²) in [4.78, 5) is 32.9. The van der Waals surface area contributed by atoms with Crippen LogP contribution in [-0.2, 0) is 14.4 Å². The molecular formula is C14H17NO6. The van der Waals surface area contributed by atoms with Crippen molar-refractivity contribution in [3.63, 3.8) is 0 Å². The summed E-state index contributed by atoms with van der Waals surface area (Å²) in [7, 11) is 0. The number of carboxylic acid groups (broad SMARTS) is 2. The van der Waals surface area contributed by atoms with Crippen LogP contribution in [0.5, 0.6) is 5.75 Å². The van der Waals surface area contributed by atoms with Crippen LogP contribution in [0.15, 0.2) is 18.2 Å². The number of nitrogens with one attached hydrogen (secondary N) is 1. The lowest BCUT2D eigenvalue weighted by Gasteiger charge is -2.13. The maximum atomic E-state index is 11.6. The van der Waals surface area contributed by atoms with Crippen LogP contribution in [0.1, 0.15) is 17.5 Å². The molecule has 7 nitrogen and oxygen atoms in total. The zero-order valence-electron chi connectivity index (χ0n) is 11.8. The highest BCUT2D eigenvalue weighted by Gasteiger charge is 2.23. The number of ether oxygens (including phenoxy) is 1. The van der Waals surface area contributed by atoms with Crippen molar-refractivity contribution in [3.8, 4) is 5.75 Å². The predicted molar refractivity (Wildman–Crippen MR) is 73.2 cm³/mol. The molecule has 0 saturated heterocycles. The molecule has 0 radical (unpaired) electrons. The number of hydrogen-bond acceptors (Lipinski definition) is 4. The number of aliphatic carboxylic acids is 2. The zero-order chi connectivity index (χ0) is 16.0. The average molecular weight is 295 g/mol. The van der Waals surface area contributed by atoms with E-state index in [-0.39, 0.29) is 6.61 Å². The summed E-state index contributed by atoms with van der Waals surface area (Å²) in [5, 5.41) is 19.5. The molecule has 0 aromatic heterocycles. The summed E-state index contributed by atoms with van der Waals surface area (Å²) in [5.74, 6) is -2.89. The van der Waals surface area contributed by atoms with E-state index in [0.717, 1.165) is 11.1 Å². The Morgan fingerprint density at radius 2 is 1.90 bits per heavy atom. The van der Waals surface area contributed by atoms with Gasteiger partial charge in [0.1, 0.15) is 11.8 Å². The summed E-state index contributed by atoms with van der Waals surface area (Å²) < 4.78 is 5.29. The van der Waals surface area contributed by atoms with E-state index in [1.54, 1.807) is 6.07 Å². The number of carbonyl (C=O) groups excluding carboxylic acids is 1. The molecule has 0 spiro atoms. The molecule has 1 aromatic carbocycles. The monoisotopic (exact) mass is 295 g/mol. The molecule has 1 atom stereocenters. The van der Waals surface area contributed by atoms with E-state index in [1.807, 2.05) is 26.0 Å². The van der Waals surface area contributed by atoms with E-state index in [9.17, 15) is 14.4 Å². The SMILES string of the molecule is Cc1ccc(OCC(=O)N[C@@H](CC(=O)O)C(=O)O)c(C)c1. The molecule has 0 aliphatic rings. The molecule has 21 heavy (non-hydrogen) atoms. The first-order chi connectivity index (χ1) is 9.79. The third-order valence-corrected chi connectivity index (χ3v) is 2.70. The van der Waals surface area contributed by atoms with E-state index >= 15 is 0 Å². The van der Waals surface area contributed by atoms with Gasteiger partial charge in [-0.2, -0.15) is 0 Å². The van der Waals surface area contributed by atoms with Crippen LogP contribution in [0.25, 0.3) is 0 Å². The Morgan fingerprint density at radius 1 is 1.24 bits per heavy atom. The molecule has 1 rings (SSSR count). The minimum absolute atomic E-state index is 0.382. The summed E-state index contributed by atoms with van der Waals surface area (Å²) in [5.41, 5.74) is 1.90. The van der Waals surface area contributed by atoms with Crippen molar-refractivity contribution in [2.45, 2.75) is 26.3 Å². The van der Waals surface area contributed by atoms with Crippen LogP contribution in [0, 0.1) is 13.8 Å². The summed E-state index contributed by atoms with van der Waals surface area (Å²) in [6.07, 6.45) is -0.690. The summed E-state index contributed by atoms with van der Waals surface area (Å²) >= 11 is 0. The fourth-order valence-electron chi connectivity index (χ4n) is 1.72. The Balaban J connectivity index is 2.56. The van der Waals surface area contributed by atoms with Crippen molar-refractivity contribution in [1.82, 2.24) is 5.32 Å². The van der Waals surface area contributed by atoms with Crippen molar-refractivity contribution in [2.75, 3.05) is 6.61 Å². The third kappa shape index (κ3) is 5.52. The van der Waals surface area contributed by atoms with Crippen LogP contribution < -0.4 is 10.1 Å². The highest BCUT2D eigenvalue weighted by atomic mass is 16.5. The molecule has 0 bridgehead atoms. The molecule has 0 saturated carbocycles. The lowest BCUT2D eigenvalue weighted by atomic mass is 10.1. The van der Waals surface area contributed by atoms with Gasteiger partial charge in [-0.15, -0.1) is 0 Å². The molecule has 1 aromatic rings. The van der Waals surface area contributed by atoms with Gasteiger partial charge in [0.05, 0.1) is 6.42 Å². The topological polar surface area (TPSA) is 113 Å². The maximum absolute atomic E-state index is 11.6. The molecule has 0 heterocycles. The van der Waals surface area contributed by atoms with E-state index < -0.39 is 30.3 Å². The fraction of sp³-hybridized carbons (Fsp3) is 0.357. The maximum Gasteiger partial charge on any atom is 0.326 e.